The van der Waals surface area contributed by atoms with E-state index in [0.29, 0.717) is 34.7 Å². The normalized spacial score (nSPS) is 10.8. The number of nitrogens with zero attached hydrogens (tertiary/aromatic N) is 2. The number of hydrogen-bond acceptors (Lipinski definition) is 8. The summed E-state index contributed by atoms with van der Waals surface area (Å²) in [5.74, 6) is 1.25. The van der Waals surface area contributed by atoms with E-state index >= 15 is 0 Å². The van der Waals surface area contributed by atoms with Gasteiger partial charge in [-0.05, 0) is 31.5 Å². The molecule has 3 aromatic heterocycles. The number of carbonyl (C=O) groups is 2. The first-order valence-electron chi connectivity index (χ1n) is 7.90. The number of aromatic nitrogens is 2. The van der Waals surface area contributed by atoms with Gasteiger partial charge in [-0.3, -0.25) is 9.59 Å². The molecule has 0 aliphatic rings. The van der Waals surface area contributed by atoms with Crippen LogP contribution in [0.4, 0.5) is 0 Å². The van der Waals surface area contributed by atoms with Crippen LogP contribution in [0.2, 0.25) is 0 Å². The van der Waals surface area contributed by atoms with Crippen LogP contribution < -0.4 is 5.32 Å². The maximum absolute atomic E-state index is 12.3. The van der Waals surface area contributed by atoms with E-state index in [1.807, 2.05) is 19.1 Å². The van der Waals surface area contributed by atoms with Gasteiger partial charge in [-0.15, -0.1) is 21.5 Å². The van der Waals surface area contributed by atoms with E-state index in [4.69, 9.17) is 8.83 Å². The van der Waals surface area contributed by atoms with E-state index in [1.54, 1.807) is 12.3 Å². The Morgan fingerprint density at radius 3 is 2.85 bits per heavy atom. The van der Waals surface area contributed by atoms with Crippen molar-refractivity contribution in [2.24, 2.45) is 0 Å². The number of amides is 1. The lowest BCUT2D eigenvalue weighted by Crippen LogP contribution is -2.22. The van der Waals surface area contributed by atoms with Crippen LogP contribution in [0.5, 0.6) is 0 Å². The Balaban J connectivity index is 1.53. The van der Waals surface area contributed by atoms with Gasteiger partial charge >= 0.3 is 0 Å². The van der Waals surface area contributed by atoms with Crippen molar-refractivity contribution in [1.29, 1.82) is 0 Å². The molecule has 0 radical (unpaired) electrons. The van der Waals surface area contributed by atoms with E-state index in [9.17, 15) is 9.59 Å². The van der Waals surface area contributed by atoms with Gasteiger partial charge in [0.05, 0.1) is 22.5 Å². The smallest absolute Gasteiger partial charge is 0.277 e. The molecule has 0 atom stereocenters. The van der Waals surface area contributed by atoms with Gasteiger partial charge in [-0.25, -0.2) is 0 Å². The minimum absolute atomic E-state index is 0.00465. The molecule has 3 aromatic rings. The third-order valence-corrected chi connectivity index (χ3v) is 5.51. The molecular weight excluding hydrogens is 374 g/mol. The van der Waals surface area contributed by atoms with Gasteiger partial charge in [-0.1, -0.05) is 11.8 Å². The molecule has 136 valence electrons. The second-order valence-corrected chi connectivity index (χ2v) is 7.57. The van der Waals surface area contributed by atoms with Gasteiger partial charge < -0.3 is 14.2 Å². The third-order valence-electron chi connectivity index (χ3n) is 3.50. The van der Waals surface area contributed by atoms with Crippen LogP contribution >= 0.6 is 23.1 Å². The quantitative estimate of drug-likeness (QED) is 0.464. The predicted octanol–water partition coefficient (Wildman–Crippen LogP) is 3.35. The highest BCUT2D eigenvalue weighted by molar-refractivity contribution is 7.99. The Morgan fingerprint density at radius 1 is 1.27 bits per heavy atom. The van der Waals surface area contributed by atoms with Crippen molar-refractivity contribution < 1.29 is 18.4 Å². The molecule has 0 spiro atoms. The van der Waals surface area contributed by atoms with Crippen LogP contribution in [0.25, 0.3) is 11.5 Å². The van der Waals surface area contributed by atoms with Crippen LogP contribution in [0, 0.1) is 6.92 Å². The first-order chi connectivity index (χ1) is 12.5. The lowest BCUT2D eigenvalue weighted by Gasteiger charge is -1.99. The van der Waals surface area contributed by atoms with Gasteiger partial charge in [0.1, 0.15) is 5.76 Å². The fourth-order valence-electron chi connectivity index (χ4n) is 2.21. The number of aryl methyl sites for hydroxylation is 1. The highest BCUT2D eigenvalue weighted by Crippen LogP contribution is 2.27. The van der Waals surface area contributed by atoms with Gasteiger partial charge in [0.2, 0.25) is 5.91 Å². The first-order valence-corrected chi connectivity index (χ1v) is 9.70. The summed E-state index contributed by atoms with van der Waals surface area (Å²) >= 11 is 2.65. The minimum atomic E-state index is -0.0567. The molecule has 0 aliphatic carbocycles. The fourth-order valence-corrected chi connectivity index (χ4v) is 3.89. The van der Waals surface area contributed by atoms with Gasteiger partial charge in [0, 0.05) is 18.3 Å². The van der Waals surface area contributed by atoms with E-state index in [1.165, 1.54) is 30.0 Å². The van der Waals surface area contributed by atoms with Crippen molar-refractivity contribution in [2.45, 2.75) is 25.5 Å². The summed E-state index contributed by atoms with van der Waals surface area (Å²) in [6.07, 6.45) is 2.27. The largest absolute Gasteiger partial charge is 0.469 e. The predicted molar refractivity (Wildman–Crippen MR) is 98.5 cm³/mol. The second-order valence-electron chi connectivity index (χ2n) is 5.47. The van der Waals surface area contributed by atoms with Crippen molar-refractivity contribution in [3.8, 4) is 11.5 Å². The summed E-state index contributed by atoms with van der Waals surface area (Å²) in [5, 5.41) is 11.0. The van der Waals surface area contributed by atoms with Crippen molar-refractivity contribution in [2.75, 3.05) is 12.3 Å². The average Bonchev–Trinajstić information content (AvgIpc) is 3.32. The zero-order valence-electron chi connectivity index (χ0n) is 14.3. The zero-order valence-corrected chi connectivity index (χ0v) is 15.9. The lowest BCUT2D eigenvalue weighted by atomic mass is 10.3. The number of furan rings is 1. The second kappa shape index (κ2) is 8.33. The van der Waals surface area contributed by atoms with E-state index in [-0.39, 0.29) is 17.4 Å². The van der Waals surface area contributed by atoms with Crippen LogP contribution in [0.15, 0.2) is 38.5 Å². The topological polar surface area (TPSA) is 98.2 Å². The van der Waals surface area contributed by atoms with Crippen molar-refractivity contribution in [3.63, 3.8) is 0 Å². The molecule has 1 N–H and O–H groups in total. The third kappa shape index (κ3) is 4.61. The number of Topliss-reactive ketones (excluding diaryl/α,β-unsaturated/α-hetero) is 1. The molecule has 0 unspecified atom stereocenters. The highest BCUT2D eigenvalue weighted by Gasteiger charge is 2.16. The van der Waals surface area contributed by atoms with Crippen LogP contribution in [0.3, 0.4) is 0 Å². The summed E-state index contributed by atoms with van der Waals surface area (Å²) in [6, 6.07) is 5.48. The van der Waals surface area contributed by atoms with Gasteiger partial charge in [0.15, 0.2) is 5.78 Å². The highest BCUT2D eigenvalue weighted by atomic mass is 32.2. The van der Waals surface area contributed by atoms with Crippen LogP contribution in [-0.2, 0) is 11.2 Å². The molecule has 9 heteroatoms. The van der Waals surface area contributed by atoms with Crippen molar-refractivity contribution in [3.05, 3.63) is 40.0 Å². The minimum Gasteiger partial charge on any atom is -0.469 e. The number of carbonyl (C=O) groups excluding carboxylic acids is 2. The lowest BCUT2D eigenvalue weighted by molar-refractivity contribution is -0.118. The Morgan fingerprint density at radius 2 is 2.12 bits per heavy atom. The number of nitrogens with one attached hydrogen (secondary N) is 1. The summed E-state index contributed by atoms with van der Waals surface area (Å²) in [4.78, 5) is 24.9. The molecule has 0 fully saturated rings. The standard InChI is InChI=1S/C17H17N3O4S2/c1-10-13(6-8-23-10)16-19-20-17(24-16)25-9-14(22)15-4-3-12(26-15)5-7-18-11(2)21/h3-4,6,8H,5,7,9H2,1-2H3,(H,18,21). The molecule has 0 saturated heterocycles. The average molecular weight is 391 g/mol. The molecule has 26 heavy (non-hydrogen) atoms. The SMILES string of the molecule is CC(=O)NCCc1ccc(C(=O)CSc2nnc(-c3ccoc3C)o2)s1. The number of thiophene rings is 1. The maximum atomic E-state index is 12.3. The Kier molecular flexibility index (Phi) is 5.89. The monoisotopic (exact) mass is 391 g/mol. The van der Waals surface area contributed by atoms with Crippen molar-refractivity contribution >= 4 is 34.8 Å². The van der Waals surface area contributed by atoms with Crippen molar-refractivity contribution in [1.82, 2.24) is 15.5 Å². The Labute approximate surface area is 158 Å². The summed E-state index contributed by atoms with van der Waals surface area (Å²) in [6.45, 7) is 3.87. The number of thioether (sulfide) groups is 1. The van der Waals surface area contributed by atoms with Crippen LogP contribution in [0.1, 0.15) is 27.2 Å². The van der Waals surface area contributed by atoms with Gasteiger partial charge in [-0.2, -0.15) is 0 Å². The molecule has 0 aromatic carbocycles. The molecule has 1 amide bonds. The molecule has 0 bridgehead atoms. The van der Waals surface area contributed by atoms with E-state index < -0.39 is 0 Å². The summed E-state index contributed by atoms with van der Waals surface area (Å²) in [5.41, 5.74) is 0.748. The molecule has 3 rings (SSSR count). The number of rotatable bonds is 8. The van der Waals surface area contributed by atoms with Gasteiger partial charge in [0.25, 0.3) is 11.1 Å². The Hall–Kier alpha value is -2.39. The Bertz CT molecular complexity index is 913. The molecule has 0 saturated carbocycles. The maximum Gasteiger partial charge on any atom is 0.277 e. The number of hydrogen-bond donors (Lipinski definition) is 1. The first kappa shape index (κ1) is 18.4. The van der Waals surface area contributed by atoms with E-state index in [0.717, 1.165) is 10.4 Å². The zero-order chi connectivity index (χ0) is 18.5. The molecule has 7 nitrogen and oxygen atoms in total. The molecule has 0 aliphatic heterocycles. The fraction of sp³-hybridized carbons (Fsp3) is 0.294. The van der Waals surface area contributed by atoms with E-state index in [2.05, 4.69) is 15.5 Å². The summed E-state index contributed by atoms with van der Waals surface area (Å²) < 4.78 is 10.8. The van der Waals surface area contributed by atoms with Crippen LogP contribution in [-0.4, -0.2) is 34.2 Å². The summed E-state index contributed by atoms with van der Waals surface area (Å²) in [7, 11) is 0. The molecule has 3 heterocycles. The molecular formula is C17H17N3O4S2. The number of ketones is 1.